The number of hydrogen-bond donors (Lipinski definition) is 2. The fourth-order valence-corrected chi connectivity index (χ4v) is 5.19. The van der Waals surface area contributed by atoms with Gasteiger partial charge in [0.1, 0.15) is 10.8 Å². The maximum Gasteiger partial charge on any atom is 0.341 e. The molecule has 3 N–H and O–H groups in total. The van der Waals surface area contributed by atoms with Crippen LogP contribution in [0, 0.1) is 6.92 Å². The van der Waals surface area contributed by atoms with Crippen LogP contribution in [0.4, 0.5) is 5.00 Å². The molecule has 2 aromatic heterocycles. The minimum absolute atomic E-state index is 0.0466. The number of primary amides is 1. The lowest BCUT2D eigenvalue weighted by Crippen LogP contribution is -2.18. The molecule has 2 heterocycles. The zero-order valence-electron chi connectivity index (χ0n) is 19.5. The number of thiophene rings is 1. The molecule has 0 spiro atoms. The zero-order chi connectivity index (χ0) is 24.8. The van der Waals surface area contributed by atoms with Crippen LogP contribution in [0.2, 0.25) is 0 Å². The molecule has 0 aliphatic rings. The number of aromatic nitrogens is 3. The monoisotopic (exact) mass is 501 g/mol. The Labute approximate surface area is 206 Å². The maximum absolute atomic E-state index is 12.7. The number of nitrogens with two attached hydrogens (primary N) is 1. The largest absolute Gasteiger partial charge is 0.459 e. The predicted octanol–water partition coefficient (Wildman–Crippen LogP) is 3.65. The summed E-state index contributed by atoms with van der Waals surface area (Å²) in [5.41, 5.74) is 7.10. The van der Waals surface area contributed by atoms with Crippen molar-refractivity contribution in [3.8, 4) is 0 Å². The zero-order valence-corrected chi connectivity index (χ0v) is 21.1. The number of nitrogens with one attached hydrogen (secondary N) is 1. The highest BCUT2D eigenvalue weighted by atomic mass is 32.2. The number of rotatable bonds is 10. The van der Waals surface area contributed by atoms with Crippen molar-refractivity contribution in [2.75, 3.05) is 11.1 Å². The molecule has 0 radical (unpaired) electrons. The number of thioether (sulfide) groups is 1. The molecule has 0 fully saturated rings. The van der Waals surface area contributed by atoms with E-state index in [2.05, 4.69) is 15.5 Å². The molecular weight excluding hydrogens is 474 g/mol. The first-order chi connectivity index (χ1) is 16.2. The Morgan fingerprint density at radius 2 is 1.91 bits per heavy atom. The number of ether oxygens (including phenoxy) is 1. The van der Waals surface area contributed by atoms with Crippen molar-refractivity contribution in [1.29, 1.82) is 0 Å². The molecule has 3 rings (SSSR count). The molecule has 2 amide bonds. The molecule has 0 saturated heterocycles. The average molecular weight is 502 g/mol. The number of nitrogens with zero attached hydrogens (tertiary/aromatic N) is 3. The van der Waals surface area contributed by atoms with Crippen molar-refractivity contribution in [3.63, 3.8) is 0 Å². The third-order valence-electron chi connectivity index (χ3n) is 4.82. The van der Waals surface area contributed by atoms with E-state index >= 15 is 0 Å². The maximum atomic E-state index is 12.7. The van der Waals surface area contributed by atoms with Crippen LogP contribution in [0.25, 0.3) is 0 Å². The molecule has 0 atom stereocenters. The van der Waals surface area contributed by atoms with Gasteiger partial charge in [-0.25, -0.2) is 4.79 Å². The first kappa shape index (κ1) is 25.4. The van der Waals surface area contributed by atoms with E-state index in [-0.39, 0.29) is 33.2 Å². The summed E-state index contributed by atoms with van der Waals surface area (Å²) in [6, 6.07) is 9.97. The van der Waals surface area contributed by atoms with Gasteiger partial charge in [-0.05, 0) is 38.8 Å². The standard InChI is InChI=1S/C23H27N5O4S2/c1-5-28-16(11-15-9-7-6-8-10-15)26-27-23(28)33-12-17(29)25-21-18(22(31)32-13(2)3)14(4)19(34-21)20(24)30/h6-10,13H,5,11-12H2,1-4H3,(H2,24,30)(H,25,29). The Balaban J connectivity index is 1.72. The first-order valence-corrected chi connectivity index (χ1v) is 12.5. The van der Waals surface area contributed by atoms with E-state index in [0.717, 1.165) is 22.7 Å². The van der Waals surface area contributed by atoms with Crippen molar-refractivity contribution < 1.29 is 19.1 Å². The fourth-order valence-electron chi connectivity index (χ4n) is 3.30. The number of amides is 2. The molecule has 180 valence electrons. The van der Waals surface area contributed by atoms with E-state index in [1.54, 1.807) is 20.8 Å². The lowest BCUT2D eigenvalue weighted by Gasteiger charge is -2.10. The molecule has 9 nitrogen and oxygen atoms in total. The van der Waals surface area contributed by atoms with Crippen LogP contribution in [0.3, 0.4) is 0 Å². The second-order valence-electron chi connectivity index (χ2n) is 7.72. The van der Waals surface area contributed by atoms with Crippen molar-refractivity contribution in [2.45, 2.75) is 51.9 Å². The summed E-state index contributed by atoms with van der Waals surface area (Å²) in [4.78, 5) is 37.3. The van der Waals surface area contributed by atoms with Crippen LogP contribution < -0.4 is 11.1 Å². The Morgan fingerprint density at radius 3 is 2.53 bits per heavy atom. The number of benzene rings is 1. The van der Waals surface area contributed by atoms with Crippen LogP contribution in [-0.2, 0) is 22.5 Å². The van der Waals surface area contributed by atoms with Gasteiger partial charge in [0, 0.05) is 13.0 Å². The third kappa shape index (κ3) is 6.03. The van der Waals surface area contributed by atoms with E-state index in [0.29, 0.717) is 23.7 Å². The van der Waals surface area contributed by atoms with Gasteiger partial charge >= 0.3 is 5.97 Å². The van der Waals surface area contributed by atoms with E-state index in [1.807, 2.05) is 41.8 Å². The molecule has 11 heteroatoms. The summed E-state index contributed by atoms with van der Waals surface area (Å²) in [6.07, 6.45) is 0.286. The van der Waals surface area contributed by atoms with Gasteiger partial charge in [-0.15, -0.1) is 21.5 Å². The second-order valence-corrected chi connectivity index (χ2v) is 9.68. The molecule has 0 aliphatic heterocycles. The minimum Gasteiger partial charge on any atom is -0.459 e. The highest BCUT2D eigenvalue weighted by molar-refractivity contribution is 7.99. The number of anilines is 1. The SMILES string of the molecule is CCn1c(Cc2ccccc2)nnc1SCC(=O)Nc1sc(C(N)=O)c(C)c1C(=O)OC(C)C. The fraction of sp³-hybridized carbons (Fsp3) is 0.348. The molecule has 0 aliphatic carbocycles. The molecular formula is C23H27N5O4S2. The van der Waals surface area contributed by atoms with Gasteiger partial charge in [0.25, 0.3) is 5.91 Å². The molecule has 0 unspecified atom stereocenters. The highest BCUT2D eigenvalue weighted by Crippen LogP contribution is 2.34. The van der Waals surface area contributed by atoms with Crippen LogP contribution in [0.1, 0.15) is 57.8 Å². The minimum atomic E-state index is -0.669. The Morgan fingerprint density at radius 1 is 1.21 bits per heavy atom. The normalized spacial score (nSPS) is 11.0. The van der Waals surface area contributed by atoms with Crippen LogP contribution in [-0.4, -0.2) is 44.4 Å². The number of carbonyl (C=O) groups excluding carboxylic acids is 3. The molecule has 34 heavy (non-hydrogen) atoms. The van der Waals surface area contributed by atoms with E-state index in [1.165, 1.54) is 11.8 Å². The van der Waals surface area contributed by atoms with Crippen LogP contribution in [0.5, 0.6) is 0 Å². The summed E-state index contributed by atoms with van der Waals surface area (Å²) >= 11 is 2.21. The predicted molar refractivity (Wildman–Crippen MR) is 132 cm³/mol. The molecule has 3 aromatic rings. The van der Waals surface area contributed by atoms with E-state index in [9.17, 15) is 14.4 Å². The number of carbonyl (C=O) groups is 3. The highest BCUT2D eigenvalue weighted by Gasteiger charge is 2.26. The first-order valence-electron chi connectivity index (χ1n) is 10.7. The van der Waals surface area contributed by atoms with E-state index < -0.39 is 11.9 Å². The van der Waals surface area contributed by atoms with Crippen molar-refractivity contribution in [2.24, 2.45) is 5.73 Å². The van der Waals surface area contributed by atoms with Crippen molar-refractivity contribution in [1.82, 2.24) is 14.8 Å². The number of esters is 1. The van der Waals surface area contributed by atoms with Gasteiger partial charge in [-0.1, -0.05) is 42.1 Å². The Kier molecular flexibility index (Phi) is 8.46. The molecule has 0 bridgehead atoms. The Bertz CT molecular complexity index is 1190. The van der Waals surface area contributed by atoms with Gasteiger partial charge < -0.3 is 20.4 Å². The molecule has 0 saturated carbocycles. The quantitative estimate of drug-likeness (QED) is 0.320. The Hall–Kier alpha value is -3.18. The van der Waals surface area contributed by atoms with Gasteiger partial charge in [-0.3, -0.25) is 9.59 Å². The van der Waals surface area contributed by atoms with Crippen molar-refractivity contribution in [3.05, 3.63) is 57.7 Å². The van der Waals surface area contributed by atoms with Crippen LogP contribution in [0.15, 0.2) is 35.5 Å². The summed E-state index contributed by atoms with van der Waals surface area (Å²) in [6.45, 7) is 7.71. The lowest BCUT2D eigenvalue weighted by molar-refractivity contribution is -0.113. The topological polar surface area (TPSA) is 129 Å². The van der Waals surface area contributed by atoms with Crippen LogP contribution >= 0.6 is 23.1 Å². The second kappa shape index (κ2) is 11.3. The third-order valence-corrected chi connectivity index (χ3v) is 7.01. The molecule has 1 aromatic carbocycles. The summed E-state index contributed by atoms with van der Waals surface area (Å²) in [5, 5.41) is 12.1. The summed E-state index contributed by atoms with van der Waals surface area (Å²) < 4.78 is 7.25. The van der Waals surface area contributed by atoms with Gasteiger partial charge in [-0.2, -0.15) is 0 Å². The average Bonchev–Trinajstić information content (AvgIpc) is 3.32. The lowest BCUT2D eigenvalue weighted by atomic mass is 10.1. The van der Waals surface area contributed by atoms with E-state index in [4.69, 9.17) is 10.5 Å². The summed E-state index contributed by atoms with van der Waals surface area (Å²) in [5.74, 6) is -0.773. The van der Waals surface area contributed by atoms with Crippen molar-refractivity contribution >= 4 is 45.9 Å². The van der Waals surface area contributed by atoms with Gasteiger partial charge in [0.15, 0.2) is 5.16 Å². The number of hydrogen-bond acceptors (Lipinski definition) is 8. The van der Waals surface area contributed by atoms with Gasteiger partial charge in [0.05, 0.1) is 22.3 Å². The van der Waals surface area contributed by atoms with Gasteiger partial charge in [0.2, 0.25) is 5.91 Å². The smallest absolute Gasteiger partial charge is 0.341 e. The summed E-state index contributed by atoms with van der Waals surface area (Å²) in [7, 11) is 0.